The molecule has 0 bridgehead atoms. The summed E-state index contributed by atoms with van der Waals surface area (Å²) in [5, 5.41) is 5.84. The van der Waals surface area contributed by atoms with Crippen molar-refractivity contribution in [1.82, 2.24) is 10.6 Å². The zero-order valence-electron chi connectivity index (χ0n) is 8.55. The van der Waals surface area contributed by atoms with Gasteiger partial charge in [-0.25, -0.2) is 0 Å². The van der Waals surface area contributed by atoms with E-state index in [1.165, 1.54) is 0 Å². The van der Waals surface area contributed by atoms with Gasteiger partial charge in [0, 0.05) is 19.0 Å². The molecule has 0 aromatic heterocycles. The van der Waals surface area contributed by atoms with Gasteiger partial charge in [-0.1, -0.05) is 5.92 Å². The van der Waals surface area contributed by atoms with Crippen LogP contribution in [0.25, 0.3) is 0 Å². The highest BCUT2D eigenvalue weighted by molar-refractivity contribution is 5.76. The number of carbonyl (C=O) groups excluding carboxylic acids is 1. The maximum Gasteiger partial charge on any atom is 0.221 e. The van der Waals surface area contributed by atoms with E-state index in [-0.39, 0.29) is 18.0 Å². The number of amides is 1. The largest absolute Gasteiger partial charge is 0.354 e. The molecule has 13 heavy (non-hydrogen) atoms. The van der Waals surface area contributed by atoms with Crippen molar-refractivity contribution in [1.29, 1.82) is 0 Å². The standard InChI is InChI=1S/C10H18N2O/c1-5-9(4)11-7-6-10(13)12-8(2)3/h1,8-9,11H,6-7H2,2-4H3,(H,12,13). The average Bonchev–Trinajstić information content (AvgIpc) is 2.02. The molecule has 0 saturated carbocycles. The fraction of sp³-hybridized carbons (Fsp3) is 0.700. The van der Waals surface area contributed by atoms with Gasteiger partial charge in [-0.2, -0.15) is 0 Å². The molecule has 2 N–H and O–H groups in total. The lowest BCUT2D eigenvalue weighted by Crippen LogP contribution is -2.34. The van der Waals surface area contributed by atoms with E-state index in [1.807, 2.05) is 20.8 Å². The molecule has 1 amide bonds. The van der Waals surface area contributed by atoms with Gasteiger partial charge in [-0.05, 0) is 20.8 Å². The number of nitrogens with one attached hydrogen (secondary N) is 2. The van der Waals surface area contributed by atoms with E-state index in [4.69, 9.17) is 6.42 Å². The monoisotopic (exact) mass is 182 g/mol. The average molecular weight is 182 g/mol. The normalized spacial score (nSPS) is 12.2. The van der Waals surface area contributed by atoms with Crippen LogP contribution in [0.4, 0.5) is 0 Å². The summed E-state index contributed by atoms with van der Waals surface area (Å²) in [7, 11) is 0. The predicted octanol–water partition coefficient (Wildman–Crippen LogP) is 0.512. The minimum atomic E-state index is 0.0341. The summed E-state index contributed by atoms with van der Waals surface area (Å²) in [6.45, 7) is 6.40. The first kappa shape index (κ1) is 12.0. The number of hydrogen-bond donors (Lipinski definition) is 2. The van der Waals surface area contributed by atoms with Crippen LogP contribution in [-0.4, -0.2) is 24.5 Å². The fourth-order valence-electron chi connectivity index (χ4n) is 0.855. The van der Waals surface area contributed by atoms with E-state index < -0.39 is 0 Å². The van der Waals surface area contributed by atoms with Gasteiger partial charge in [0.05, 0.1) is 6.04 Å². The molecular weight excluding hydrogens is 164 g/mol. The third-order valence-electron chi connectivity index (χ3n) is 1.50. The van der Waals surface area contributed by atoms with Gasteiger partial charge in [0.1, 0.15) is 0 Å². The van der Waals surface area contributed by atoms with E-state index in [0.717, 1.165) is 0 Å². The van der Waals surface area contributed by atoms with Crippen molar-refractivity contribution in [3.05, 3.63) is 0 Å². The van der Waals surface area contributed by atoms with Crippen molar-refractivity contribution < 1.29 is 4.79 Å². The van der Waals surface area contributed by atoms with Gasteiger partial charge in [-0.15, -0.1) is 6.42 Å². The summed E-state index contributed by atoms with van der Waals surface area (Å²) in [6.07, 6.45) is 5.63. The Balaban J connectivity index is 3.44. The van der Waals surface area contributed by atoms with Gasteiger partial charge >= 0.3 is 0 Å². The summed E-state index contributed by atoms with van der Waals surface area (Å²) in [5.74, 6) is 2.60. The van der Waals surface area contributed by atoms with Crippen LogP contribution in [0, 0.1) is 12.3 Å². The van der Waals surface area contributed by atoms with Crippen LogP contribution >= 0.6 is 0 Å². The summed E-state index contributed by atoms with van der Waals surface area (Å²) >= 11 is 0. The maximum absolute atomic E-state index is 11.1. The molecule has 0 aromatic rings. The van der Waals surface area contributed by atoms with Gasteiger partial charge in [0.25, 0.3) is 0 Å². The van der Waals surface area contributed by atoms with Gasteiger partial charge in [-0.3, -0.25) is 4.79 Å². The zero-order valence-corrected chi connectivity index (χ0v) is 8.55. The highest BCUT2D eigenvalue weighted by Gasteiger charge is 2.02. The van der Waals surface area contributed by atoms with Gasteiger partial charge < -0.3 is 10.6 Å². The van der Waals surface area contributed by atoms with Crippen LogP contribution in [0.1, 0.15) is 27.2 Å². The number of rotatable bonds is 5. The third-order valence-corrected chi connectivity index (χ3v) is 1.50. The number of hydrogen-bond acceptors (Lipinski definition) is 2. The first-order valence-electron chi connectivity index (χ1n) is 4.55. The fourth-order valence-corrected chi connectivity index (χ4v) is 0.855. The molecular formula is C10H18N2O. The molecule has 0 rings (SSSR count). The van der Waals surface area contributed by atoms with Crippen LogP contribution in [0.2, 0.25) is 0 Å². The third kappa shape index (κ3) is 7.35. The molecule has 3 nitrogen and oxygen atoms in total. The number of terminal acetylenes is 1. The molecule has 74 valence electrons. The second kappa shape index (κ2) is 6.50. The van der Waals surface area contributed by atoms with Crippen molar-refractivity contribution in [2.24, 2.45) is 0 Å². The molecule has 0 fully saturated rings. The molecule has 0 radical (unpaired) electrons. The second-order valence-corrected chi connectivity index (χ2v) is 3.31. The minimum Gasteiger partial charge on any atom is -0.354 e. The Morgan fingerprint density at radius 3 is 2.54 bits per heavy atom. The first-order chi connectivity index (χ1) is 6.06. The Kier molecular flexibility index (Phi) is 5.99. The first-order valence-corrected chi connectivity index (χ1v) is 4.55. The van der Waals surface area contributed by atoms with E-state index >= 15 is 0 Å². The summed E-state index contributed by atoms with van der Waals surface area (Å²) < 4.78 is 0. The molecule has 0 heterocycles. The second-order valence-electron chi connectivity index (χ2n) is 3.31. The topological polar surface area (TPSA) is 41.1 Å². The molecule has 1 atom stereocenters. The van der Waals surface area contributed by atoms with Crippen molar-refractivity contribution in [2.45, 2.75) is 39.3 Å². The van der Waals surface area contributed by atoms with Crippen LogP contribution in [0.5, 0.6) is 0 Å². The molecule has 1 unspecified atom stereocenters. The Morgan fingerprint density at radius 2 is 2.08 bits per heavy atom. The Morgan fingerprint density at radius 1 is 1.46 bits per heavy atom. The van der Waals surface area contributed by atoms with Crippen molar-refractivity contribution in [3.63, 3.8) is 0 Å². The Labute approximate surface area is 80.3 Å². The van der Waals surface area contributed by atoms with E-state index in [9.17, 15) is 4.79 Å². The SMILES string of the molecule is C#CC(C)NCCC(=O)NC(C)C. The van der Waals surface area contributed by atoms with E-state index in [0.29, 0.717) is 13.0 Å². The van der Waals surface area contributed by atoms with E-state index in [1.54, 1.807) is 0 Å². The highest BCUT2D eigenvalue weighted by Crippen LogP contribution is 1.83. The Hall–Kier alpha value is -1.01. The van der Waals surface area contributed by atoms with Crippen LogP contribution in [0.3, 0.4) is 0 Å². The van der Waals surface area contributed by atoms with E-state index in [2.05, 4.69) is 16.6 Å². The maximum atomic E-state index is 11.1. The smallest absolute Gasteiger partial charge is 0.221 e. The van der Waals surface area contributed by atoms with Crippen LogP contribution in [-0.2, 0) is 4.79 Å². The molecule has 0 aromatic carbocycles. The summed E-state index contributed by atoms with van der Waals surface area (Å²) in [6, 6.07) is 0.240. The van der Waals surface area contributed by atoms with Crippen molar-refractivity contribution in [2.75, 3.05) is 6.54 Å². The van der Waals surface area contributed by atoms with Crippen molar-refractivity contribution in [3.8, 4) is 12.3 Å². The molecule has 0 aliphatic heterocycles. The molecule has 0 spiro atoms. The zero-order chi connectivity index (χ0) is 10.3. The molecule has 0 aliphatic rings. The number of carbonyl (C=O) groups is 1. The minimum absolute atomic E-state index is 0.0341. The molecule has 0 aliphatic carbocycles. The molecule has 0 saturated heterocycles. The Bertz CT molecular complexity index is 194. The quantitative estimate of drug-likeness (QED) is 0.608. The van der Waals surface area contributed by atoms with Gasteiger partial charge in [0.2, 0.25) is 5.91 Å². The lowest BCUT2D eigenvalue weighted by Gasteiger charge is -2.09. The van der Waals surface area contributed by atoms with Crippen molar-refractivity contribution >= 4 is 5.91 Å². The van der Waals surface area contributed by atoms with Crippen LogP contribution in [0.15, 0.2) is 0 Å². The lowest BCUT2D eigenvalue weighted by atomic mass is 10.3. The molecule has 3 heteroatoms. The predicted molar refractivity (Wildman–Crippen MR) is 54.2 cm³/mol. The van der Waals surface area contributed by atoms with Crippen LogP contribution < -0.4 is 10.6 Å². The highest BCUT2D eigenvalue weighted by atomic mass is 16.1. The lowest BCUT2D eigenvalue weighted by molar-refractivity contribution is -0.121. The summed E-state index contributed by atoms with van der Waals surface area (Å²) in [4.78, 5) is 11.1. The summed E-state index contributed by atoms with van der Waals surface area (Å²) in [5.41, 5.74) is 0. The van der Waals surface area contributed by atoms with Gasteiger partial charge in [0.15, 0.2) is 0 Å².